The molecule has 2 saturated heterocycles. The van der Waals surface area contributed by atoms with E-state index in [1.54, 1.807) is 0 Å². The number of para-hydroxylation sites is 1. The van der Waals surface area contributed by atoms with Crippen molar-refractivity contribution in [2.75, 3.05) is 49.1 Å². The molecule has 9 heteroatoms. The van der Waals surface area contributed by atoms with Crippen LogP contribution in [0.2, 0.25) is 5.02 Å². The van der Waals surface area contributed by atoms with Gasteiger partial charge >= 0.3 is 0 Å². The second-order valence-electron chi connectivity index (χ2n) is 9.11. The number of anilines is 2. The lowest BCUT2D eigenvalue weighted by Gasteiger charge is -2.39. The van der Waals surface area contributed by atoms with Crippen molar-refractivity contribution in [1.82, 2.24) is 24.9 Å². The fraction of sp³-hybridized carbons (Fsp3) is 0.440. The molecule has 3 aromatic rings. The van der Waals surface area contributed by atoms with Crippen molar-refractivity contribution in [2.24, 2.45) is 5.92 Å². The van der Waals surface area contributed by atoms with Gasteiger partial charge in [-0.25, -0.2) is 4.68 Å². The zero-order chi connectivity index (χ0) is 23.7. The van der Waals surface area contributed by atoms with Gasteiger partial charge in [0.15, 0.2) is 11.6 Å². The van der Waals surface area contributed by atoms with Crippen LogP contribution in [0, 0.1) is 19.8 Å². The summed E-state index contributed by atoms with van der Waals surface area (Å²) >= 11 is 6.35. The molecule has 0 saturated carbocycles. The Labute approximate surface area is 205 Å². The van der Waals surface area contributed by atoms with E-state index in [-0.39, 0.29) is 11.8 Å². The van der Waals surface area contributed by atoms with Crippen LogP contribution in [0.25, 0.3) is 5.82 Å². The minimum absolute atomic E-state index is 0.0741. The van der Waals surface area contributed by atoms with Crippen LogP contribution in [0.5, 0.6) is 0 Å². The molecule has 0 atom stereocenters. The van der Waals surface area contributed by atoms with Gasteiger partial charge in [-0.2, -0.15) is 5.10 Å². The third-order valence-electron chi connectivity index (χ3n) is 6.82. The average molecular weight is 480 g/mol. The van der Waals surface area contributed by atoms with Crippen LogP contribution >= 0.6 is 11.6 Å². The summed E-state index contributed by atoms with van der Waals surface area (Å²) in [5.41, 5.74) is 3.04. The molecule has 5 rings (SSSR count). The maximum absolute atomic E-state index is 13.2. The molecule has 2 aliphatic rings. The third kappa shape index (κ3) is 4.59. The quantitative estimate of drug-likeness (QED) is 0.570. The van der Waals surface area contributed by atoms with Crippen molar-refractivity contribution < 1.29 is 4.79 Å². The highest BCUT2D eigenvalue weighted by Gasteiger charge is 2.31. The van der Waals surface area contributed by atoms with Crippen molar-refractivity contribution in [2.45, 2.75) is 26.7 Å². The summed E-state index contributed by atoms with van der Waals surface area (Å²) in [6.45, 7) is 8.70. The van der Waals surface area contributed by atoms with Crippen molar-refractivity contribution in [3.63, 3.8) is 0 Å². The van der Waals surface area contributed by atoms with E-state index in [9.17, 15) is 4.79 Å². The summed E-state index contributed by atoms with van der Waals surface area (Å²) in [6, 6.07) is 13.9. The molecule has 0 radical (unpaired) electrons. The van der Waals surface area contributed by atoms with Gasteiger partial charge in [-0.05, 0) is 57.0 Å². The predicted octanol–water partition coefficient (Wildman–Crippen LogP) is 3.50. The van der Waals surface area contributed by atoms with Gasteiger partial charge < -0.3 is 14.7 Å². The van der Waals surface area contributed by atoms with Crippen LogP contribution in [0.1, 0.15) is 24.2 Å². The number of aromatic nitrogens is 4. The fourth-order valence-corrected chi connectivity index (χ4v) is 5.21. The molecule has 178 valence electrons. The minimum Gasteiger partial charge on any atom is -0.367 e. The van der Waals surface area contributed by atoms with Gasteiger partial charge in [-0.15, -0.1) is 10.2 Å². The molecule has 2 aliphatic heterocycles. The van der Waals surface area contributed by atoms with Gasteiger partial charge in [0.2, 0.25) is 5.91 Å². The number of aryl methyl sites for hydroxylation is 2. The molecule has 4 heterocycles. The van der Waals surface area contributed by atoms with E-state index in [0.29, 0.717) is 0 Å². The highest BCUT2D eigenvalue weighted by atomic mass is 35.5. The second-order valence-corrected chi connectivity index (χ2v) is 9.52. The number of hydrogen-bond donors (Lipinski definition) is 0. The molecule has 34 heavy (non-hydrogen) atoms. The van der Waals surface area contributed by atoms with E-state index in [1.165, 1.54) is 0 Å². The third-order valence-corrected chi connectivity index (χ3v) is 7.14. The molecule has 0 N–H and O–H groups in total. The maximum atomic E-state index is 13.2. The molecule has 8 nitrogen and oxygen atoms in total. The number of hydrogen-bond acceptors (Lipinski definition) is 6. The number of piperazine rings is 1. The molecule has 0 spiro atoms. The standard InChI is InChI=1S/C25H30ClN7O/c1-18-17-19(2)33(29-18)24-8-7-23(27-28-24)31-11-9-20(10-12-31)25(34)32-15-13-30(14-16-32)22-6-4-3-5-21(22)26/h3-8,17,20H,9-16H2,1-2H3. The second kappa shape index (κ2) is 9.62. The molecular weight excluding hydrogens is 450 g/mol. The van der Waals surface area contributed by atoms with E-state index >= 15 is 0 Å². The molecule has 2 fully saturated rings. The number of nitrogens with zero attached hydrogens (tertiary/aromatic N) is 7. The molecular formula is C25H30ClN7O. The Kier molecular flexibility index (Phi) is 6.41. The van der Waals surface area contributed by atoms with E-state index < -0.39 is 0 Å². The fourth-order valence-electron chi connectivity index (χ4n) is 4.95. The largest absolute Gasteiger partial charge is 0.367 e. The molecule has 2 aromatic heterocycles. The number of benzene rings is 1. The van der Waals surface area contributed by atoms with E-state index in [4.69, 9.17) is 11.6 Å². The summed E-state index contributed by atoms with van der Waals surface area (Å²) in [5.74, 6) is 1.93. The molecule has 0 bridgehead atoms. The van der Waals surface area contributed by atoms with Crippen molar-refractivity contribution in [3.05, 3.63) is 58.9 Å². The van der Waals surface area contributed by atoms with Gasteiger partial charge in [0.1, 0.15) is 0 Å². The number of carbonyl (C=O) groups is 1. The van der Waals surface area contributed by atoms with Gasteiger partial charge in [-0.3, -0.25) is 4.79 Å². The van der Waals surface area contributed by atoms with Crippen LogP contribution in [-0.2, 0) is 4.79 Å². The lowest BCUT2D eigenvalue weighted by molar-refractivity contribution is -0.136. The number of amides is 1. The summed E-state index contributed by atoms with van der Waals surface area (Å²) in [7, 11) is 0. The van der Waals surface area contributed by atoms with Crippen molar-refractivity contribution in [3.8, 4) is 5.82 Å². The summed E-state index contributed by atoms with van der Waals surface area (Å²) in [4.78, 5) is 19.7. The average Bonchev–Trinajstić information content (AvgIpc) is 3.22. The Balaban J connectivity index is 1.14. The maximum Gasteiger partial charge on any atom is 0.225 e. The summed E-state index contributed by atoms with van der Waals surface area (Å²) < 4.78 is 1.81. The number of rotatable bonds is 4. The number of piperidine rings is 1. The monoisotopic (exact) mass is 479 g/mol. The first-order valence-electron chi connectivity index (χ1n) is 11.9. The topological polar surface area (TPSA) is 70.4 Å². The lowest BCUT2D eigenvalue weighted by Crippen LogP contribution is -2.51. The lowest BCUT2D eigenvalue weighted by atomic mass is 9.95. The van der Waals surface area contributed by atoms with Gasteiger partial charge in [0.25, 0.3) is 0 Å². The van der Waals surface area contributed by atoms with Crippen LogP contribution < -0.4 is 9.80 Å². The van der Waals surface area contributed by atoms with Crippen LogP contribution in [0.3, 0.4) is 0 Å². The molecule has 0 aliphatic carbocycles. The molecule has 1 amide bonds. The zero-order valence-electron chi connectivity index (χ0n) is 19.7. The van der Waals surface area contributed by atoms with Crippen LogP contribution in [0.4, 0.5) is 11.5 Å². The minimum atomic E-state index is 0.0741. The molecule has 0 unspecified atom stereocenters. The van der Waals surface area contributed by atoms with E-state index in [2.05, 4.69) is 25.1 Å². The first kappa shape index (κ1) is 22.7. The van der Waals surface area contributed by atoms with E-state index in [1.807, 2.05) is 65.9 Å². The highest BCUT2D eigenvalue weighted by molar-refractivity contribution is 6.33. The van der Waals surface area contributed by atoms with Crippen molar-refractivity contribution in [1.29, 1.82) is 0 Å². The Morgan fingerprint density at radius 3 is 2.18 bits per heavy atom. The predicted molar refractivity (Wildman–Crippen MR) is 134 cm³/mol. The first-order valence-corrected chi connectivity index (χ1v) is 12.3. The van der Waals surface area contributed by atoms with Gasteiger partial charge in [-0.1, -0.05) is 23.7 Å². The Hall–Kier alpha value is -3.13. The zero-order valence-corrected chi connectivity index (χ0v) is 20.4. The number of halogens is 1. The molecule has 1 aromatic carbocycles. The summed E-state index contributed by atoms with van der Waals surface area (Å²) in [6.07, 6.45) is 1.68. The van der Waals surface area contributed by atoms with Gasteiger partial charge in [0, 0.05) is 50.9 Å². The van der Waals surface area contributed by atoms with E-state index in [0.717, 1.165) is 85.8 Å². The van der Waals surface area contributed by atoms with Crippen LogP contribution in [0.15, 0.2) is 42.5 Å². The Morgan fingerprint density at radius 1 is 0.882 bits per heavy atom. The van der Waals surface area contributed by atoms with Crippen molar-refractivity contribution >= 4 is 29.0 Å². The Bertz CT molecular complexity index is 1150. The van der Waals surface area contributed by atoms with Crippen LogP contribution in [-0.4, -0.2) is 70.1 Å². The number of carbonyl (C=O) groups excluding carboxylic acids is 1. The SMILES string of the molecule is Cc1cc(C)n(-c2ccc(N3CCC(C(=O)N4CCN(c5ccccc5Cl)CC4)CC3)nn2)n1. The Morgan fingerprint density at radius 2 is 1.56 bits per heavy atom. The smallest absolute Gasteiger partial charge is 0.225 e. The summed E-state index contributed by atoms with van der Waals surface area (Å²) in [5, 5.41) is 14.1. The van der Waals surface area contributed by atoms with Gasteiger partial charge in [0.05, 0.1) is 16.4 Å². The highest BCUT2D eigenvalue weighted by Crippen LogP contribution is 2.28. The normalized spacial score (nSPS) is 17.3. The first-order chi connectivity index (χ1) is 16.5.